The highest BCUT2D eigenvalue weighted by atomic mass is 79.9. The van der Waals surface area contributed by atoms with E-state index in [1.165, 1.54) is 5.56 Å². The van der Waals surface area contributed by atoms with Crippen molar-refractivity contribution < 1.29 is 9.53 Å². The van der Waals surface area contributed by atoms with Crippen LogP contribution in [0.25, 0.3) is 5.70 Å². The summed E-state index contributed by atoms with van der Waals surface area (Å²) >= 11 is 3.30. The van der Waals surface area contributed by atoms with Crippen molar-refractivity contribution in [1.82, 2.24) is 5.32 Å². The standard InChI is InChI=1S/C15H20BrNO2/c1-5-14(17-15(18)13(16)9-19-4)12-7-6-10(2)8-11(12)3/h5-8,13H,9H2,1-4H3,(H,17,18). The highest BCUT2D eigenvalue weighted by Gasteiger charge is 2.16. The van der Waals surface area contributed by atoms with Gasteiger partial charge >= 0.3 is 0 Å². The number of nitrogens with one attached hydrogen (secondary N) is 1. The lowest BCUT2D eigenvalue weighted by Crippen LogP contribution is -2.32. The maximum Gasteiger partial charge on any atom is 0.240 e. The third-order valence-electron chi connectivity index (χ3n) is 2.82. The molecule has 1 aromatic rings. The number of ether oxygens (including phenoxy) is 1. The van der Waals surface area contributed by atoms with Gasteiger partial charge in [0.2, 0.25) is 5.91 Å². The van der Waals surface area contributed by atoms with Gasteiger partial charge in [0, 0.05) is 18.4 Å². The molecule has 0 aromatic heterocycles. The van der Waals surface area contributed by atoms with Crippen molar-refractivity contribution in [2.24, 2.45) is 0 Å². The van der Waals surface area contributed by atoms with Gasteiger partial charge in [0.15, 0.2) is 0 Å². The Morgan fingerprint density at radius 2 is 2.16 bits per heavy atom. The Labute approximate surface area is 123 Å². The average Bonchev–Trinajstić information content (AvgIpc) is 2.36. The zero-order valence-corrected chi connectivity index (χ0v) is 13.4. The molecular weight excluding hydrogens is 306 g/mol. The quantitative estimate of drug-likeness (QED) is 0.844. The Hall–Kier alpha value is -1.13. The molecule has 0 aliphatic carbocycles. The topological polar surface area (TPSA) is 38.3 Å². The Bertz CT molecular complexity index is 483. The van der Waals surface area contributed by atoms with Crippen LogP contribution in [0.5, 0.6) is 0 Å². The molecule has 1 aromatic carbocycles. The van der Waals surface area contributed by atoms with E-state index >= 15 is 0 Å². The largest absolute Gasteiger partial charge is 0.383 e. The summed E-state index contributed by atoms with van der Waals surface area (Å²) in [6.45, 7) is 6.35. The van der Waals surface area contributed by atoms with Gasteiger partial charge in [-0.3, -0.25) is 4.79 Å². The van der Waals surface area contributed by atoms with E-state index < -0.39 is 0 Å². The van der Waals surface area contributed by atoms with Crippen molar-refractivity contribution >= 4 is 27.5 Å². The maximum atomic E-state index is 12.0. The average molecular weight is 326 g/mol. The predicted molar refractivity (Wildman–Crippen MR) is 82.3 cm³/mol. The summed E-state index contributed by atoms with van der Waals surface area (Å²) in [4.78, 5) is 11.6. The molecule has 1 rings (SSSR count). The highest BCUT2D eigenvalue weighted by Crippen LogP contribution is 2.18. The number of hydrogen-bond donors (Lipinski definition) is 1. The first-order valence-electron chi connectivity index (χ1n) is 6.17. The van der Waals surface area contributed by atoms with Gasteiger partial charge in [-0.1, -0.05) is 45.8 Å². The number of hydrogen-bond acceptors (Lipinski definition) is 2. The molecule has 0 saturated carbocycles. The summed E-state index contributed by atoms with van der Waals surface area (Å²) in [5.74, 6) is -0.102. The lowest BCUT2D eigenvalue weighted by molar-refractivity contribution is -0.120. The molecule has 0 bridgehead atoms. The van der Waals surface area contributed by atoms with Crippen LogP contribution < -0.4 is 5.32 Å². The number of carbonyl (C=O) groups excluding carboxylic acids is 1. The molecule has 0 aliphatic heterocycles. The molecule has 19 heavy (non-hydrogen) atoms. The second kappa shape index (κ2) is 7.46. The van der Waals surface area contributed by atoms with Gasteiger partial charge in [-0.25, -0.2) is 0 Å². The zero-order chi connectivity index (χ0) is 14.4. The second-order valence-electron chi connectivity index (χ2n) is 4.43. The molecule has 1 atom stereocenters. The molecule has 1 unspecified atom stereocenters. The van der Waals surface area contributed by atoms with E-state index in [1.807, 2.05) is 32.1 Å². The summed E-state index contributed by atoms with van der Waals surface area (Å²) in [7, 11) is 1.57. The molecular formula is C15H20BrNO2. The van der Waals surface area contributed by atoms with E-state index in [0.717, 1.165) is 16.8 Å². The van der Waals surface area contributed by atoms with Gasteiger partial charge in [0.05, 0.1) is 6.61 Å². The first kappa shape index (κ1) is 15.9. The summed E-state index contributed by atoms with van der Waals surface area (Å²) in [5, 5.41) is 2.92. The lowest BCUT2D eigenvalue weighted by atomic mass is 10.0. The number of amides is 1. The summed E-state index contributed by atoms with van der Waals surface area (Å²) < 4.78 is 4.96. The Morgan fingerprint density at radius 1 is 1.47 bits per heavy atom. The molecule has 0 radical (unpaired) electrons. The van der Waals surface area contributed by atoms with Gasteiger partial charge in [0.1, 0.15) is 4.83 Å². The van der Waals surface area contributed by atoms with E-state index in [-0.39, 0.29) is 10.7 Å². The number of halogens is 1. The highest BCUT2D eigenvalue weighted by molar-refractivity contribution is 9.10. The van der Waals surface area contributed by atoms with Crippen LogP contribution in [0.15, 0.2) is 24.3 Å². The van der Waals surface area contributed by atoms with E-state index in [4.69, 9.17) is 4.74 Å². The number of benzene rings is 1. The minimum Gasteiger partial charge on any atom is -0.383 e. The minimum absolute atomic E-state index is 0.102. The first-order valence-corrected chi connectivity index (χ1v) is 7.09. The normalized spacial score (nSPS) is 13.2. The van der Waals surface area contributed by atoms with E-state index in [0.29, 0.717) is 6.61 Å². The van der Waals surface area contributed by atoms with Crippen LogP contribution in [0.1, 0.15) is 23.6 Å². The van der Waals surface area contributed by atoms with Crippen molar-refractivity contribution in [3.05, 3.63) is 41.0 Å². The summed E-state index contributed by atoms with van der Waals surface area (Å²) in [5.41, 5.74) is 4.22. The molecule has 3 nitrogen and oxygen atoms in total. The Balaban J connectivity index is 2.88. The lowest BCUT2D eigenvalue weighted by Gasteiger charge is -2.15. The van der Waals surface area contributed by atoms with Gasteiger partial charge in [-0.15, -0.1) is 0 Å². The first-order chi connectivity index (χ1) is 8.99. The molecule has 0 aliphatic rings. The molecule has 4 heteroatoms. The van der Waals surface area contributed by atoms with Crippen molar-refractivity contribution in [1.29, 1.82) is 0 Å². The fourth-order valence-corrected chi connectivity index (χ4v) is 2.22. The van der Waals surface area contributed by atoms with Gasteiger partial charge in [0.25, 0.3) is 0 Å². The monoisotopic (exact) mass is 325 g/mol. The molecule has 0 fully saturated rings. The van der Waals surface area contributed by atoms with Gasteiger partial charge in [-0.2, -0.15) is 0 Å². The third kappa shape index (κ3) is 4.48. The van der Waals surface area contributed by atoms with Crippen LogP contribution in [0, 0.1) is 13.8 Å². The Kier molecular flexibility index (Phi) is 6.25. The molecule has 104 valence electrons. The fourth-order valence-electron chi connectivity index (χ4n) is 1.84. The molecule has 0 spiro atoms. The zero-order valence-electron chi connectivity index (χ0n) is 11.8. The van der Waals surface area contributed by atoms with Crippen molar-refractivity contribution in [3.8, 4) is 0 Å². The smallest absolute Gasteiger partial charge is 0.240 e. The summed E-state index contributed by atoms with van der Waals surface area (Å²) in [6, 6.07) is 6.17. The predicted octanol–water partition coefficient (Wildman–Crippen LogP) is 3.19. The summed E-state index contributed by atoms with van der Waals surface area (Å²) in [6.07, 6.45) is 1.90. The number of rotatable bonds is 5. The van der Waals surface area contributed by atoms with Crippen LogP contribution in [0.3, 0.4) is 0 Å². The number of aryl methyl sites for hydroxylation is 2. The van der Waals surface area contributed by atoms with Crippen molar-refractivity contribution in [3.63, 3.8) is 0 Å². The van der Waals surface area contributed by atoms with Crippen LogP contribution in [-0.2, 0) is 9.53 Å². The van der Waals surface area contributed by atoms with Crippen LogP contribution in [0.4, 0.5) is 0 Å². The molecule has 1 amide bonds. The Morgan fingerprint density at radius 3 is 2.68 bits per heavy atom. The molecule has 1 N–H and O–H groups in total. The van der Waals surface area contributed by atoms with Crippen molar-refractivity contribution in [2.75, 3.05) is 13.7 Å². The van der Waals surface area contributed by atoms with Crippen LogP contribution in [-0.4, -0.2) is 24.5 Å². The third-order valence-corrected chi connectivity index (χ3v) is 3.50. The van der Waals surface area contributed by atoms with E-state index in [9.17, 15) is 4.79 Å². The number of alkyl halides is 1. The minimum atomic E-state index is -0.349. The number of methoxy groups -OCH3 is 1. The number of allylic oxidation sites excluding steroid dienone is 1. The second-order valence-corrected chi connectivity index (χ2v) is 5.54. The SMILES string of the molecule is CC=C(NC(=O)C(Br)COC)c1ccc(C)cc1C. The number of carbonyl (C=O) groups is 1. The van der Waals surface area contributed by atoms with Crippen LogP contribution >= 0.6 is 15.9 Å². The van der Waals surface area contributed by atoms with Gasteiger partial charge < -0.3 is 10.1 Å². The molecule has 0 saturated heterocycles. The fraction of sp³-hybridized carbons (Fsp3) is 0.400. The van der Waals surface area contributed by atoms with E-state index in [2.05, 4.69) is 34.2 Å². The molecule has 0 heterocycles. The van der Waals surface area contributed by atoms with Gasteiger partial charge in [-0.05, 0) is 26.3 Å². The van der Waals surface area contributed by atoms with E-state index in [1.54, 1.807) is 7.11 Å². The van der Waals surface area contributed by atoms with Crippen molar-refractivity contribution in [2.45, 2.75) is 25.6 Å². The van der Waals surface area contributed by atoms with Crippen LogP contribution in [0.2, 0.25) is 0 Å². The maximum absolute atomic E-state index is 12.0.